The summed E-state index contributed by atoms with van der Waals surface area (Å²) in [5, 5.41) is 7.80. The molecule has 1 atom stereocenters. The third-order valence-corrected chi connectivity index (χ3v) is 6.79. The van der Waals surface area contributed by atoms with Gasteiger partial charge in [-0.3, -0.25) is 9.78 Å². The van der Waals surface area contributed by atoms with Crippen LogP contribution in [0, 0.1) is 12.8 Å². The number of pyridine rings is 2. The highest BCUT2D eigenvalue weighted by Crippen LogP contribution is 2.25. The number of rotatable bonds is 6. The van der Waals surface area contributed by atoms with E-state index < -0.39 is 0 Å². The van der Waals surface area contributed by atoms with E-state index in [4.69, 9.17) is 0 Å². The number of carbonyl (C=O) groups is 1. The van der Waals surface area contributed by atoms with E-state index in [0.717, 1.165) is 66.8 Å². The molecule has 6 nitrogen and oxygen atoms in total. The van der Waals surface area contributed by atoms with Crippen LogP contribution in [0.25, 0.3) is 5.52 Å². The topological polar surface area (TPSA) is 62.5 Å². The van der Waals surface area contributed by atoms with E-state index in [0.29, 0.717) is 12.5 Å². The number of amides is 1. The number of benzene rings is 1. The van der Waals surface area contributed by atoms with Crippen LogP contribution in [-0.2, 0) is 13.0 Å². The Morgan fingerprint density at radius 3 is 2.88 bits per heavy atom. The van der Waals surface area contributed by atoms with Crippen molar-refractivity contribution in [2.45, 2.75) is 39.2 Å². The Hall–Kier alpha value is -3.67. The van der Waals surface area contributed by atoms with Gasteiger partial charge in [0, 0.05) is 42.9 Å². The number of aryl methyl sites for hydroxylation is 1. The Balaban J connectivity index is 1.21. The smallest absolute Gasteiger partial charge is 0.253 e. The molecular formula is C28H31N5O. The van der Waals surface area contributed by atoms with Gasteiger partial charge in [-0.2, -0.15) is 5.10 Å². The zero-order valence-corrected chi connectivity index (χ0v) is 19.7. The van der Waals surface area contributed by atoms with Gasteiger partial charge >= 0.3 is 0 Å². The SMILES string of the molecule is Cc1ccc(C(=O)N2CCC[C@H](Cc3ccc4ccnn4c3)CC2)cc1NCc1ccccn1. The highest BCUT2D eigenvalue weighted by Gasteiger charge is 2.22. The first kappa shape index (κ1) is 22.1. The number of nitrogens with zero attached hydrogens (tertiary/aromatic N) is 4. The van der Waals surface area contributed by atoms with Gasteiger partial charge in [0.1, 0.15) is 0 Å². The fourth-order valence-corrected chi connectivity index (χ4v) is 4.80. The molecule has 0 radical (unpaired) electrons. The van der Waals surface area contributed by atoms with Gasteiger partial charge in [0.2, 0.25) is 0 Å². The second-order valence-corrected chi connectivity index (χ2v) is 9.24. The van der Waals surface area contributed by atoms with Crippen LogP contribution in [0.1, 0.15) is 46.4 Å². The first-order chi connectivity index (χ1) is 16.7. The molecule has 0 spiro atoms. The maximum atomic E-state index is 13.3. The zero-order chi connectivity index (χ0) is 23.3. The molecule has 6 heteroatoms. The van der Waals surface area contributed by atoms with E-state index in [1.165, 1.54) is 5.56 Å². The summed E-state index contributed by atoms with van der Waals surface area (Å²) in [5.74, 6) is 0.707. The number of hydrogen-bond donors (Lipinski definition) is 1. The molecule has 0 unspecified atom stereocenters. The number of nitrogens with one attached hydrogen (secondary N) is 1. The van der Waals surface area contributed by atoms with Crippen molar-refractivity contribution in [1.82, 2.24) is 19.5 Å². The molecule has 1 saturated heterocycles. The minimum Gasteiger partial charge on any atom is -0.379 e. The van der Waals surface area contributed by atoms with Gasteiger partial charge in [-0.15, -0.1) is 0 Å². The summed E-state index contributed by atoms with van der Waals surface area (Å²) in [6, 6.07) is 18.2. The molecule has 3 aromatic heterocycles. The number of fused-ring (bicyclic) bond motifs is 1. The summed E-state index contributed by atoms with van der Waals surface area (Å²) in [7, 11) is 0. The van der Waals surface area contributed by atoms with Crippen molar-refractivity contribution in [2.24, 2.45) is 5.92 Å². The normalized spacial score (nSPS) is 16.4. The fourth-order valence-electron chi connectivity index (χ4n) is 4.80. The average molecular weight is 454 g/mol. The molecule has 1 fully saturated rings. The monoisotopic (exact) mass is 453 g/mol. The van der Waals surface area contributed by atoms with E-state index >= 15 is 0 Å². The number of aromatic nitrogens is 3. The lowest BCUT2D eigenvalue weighted by Gasteiger charge is -2.21. The quantitative estimate of drug-likeness (QED) is 0.439. The number of hydrogen-bond acceptors (Lipinski definition) is 4. The molecule has 0 saturated carbocycles. The van der Waals surface area contributed by atoms with E-state index in [-0.39, 0.29) is 5.91 Å². The molecule has 1 aliphatic rings. The van der Waals surface area contributed by atoms with Gasteiger partial charge in [0.05, 0.1) is 17.8 Å². The average Bonchev–Trinajstić information content (AvgIpc) is 3.21. The predicted molar refractivity (Wildman–Crippen MR) is 135 cm³/mol. The Bertz CT molecular complexity index is 1270. The van der Waals surface area contributed by atoms with E-state index in [9.17, 15) is 4.79 Å². The summed E-state index contributed by atoms with van der Waals surface area (Å²) in [6.45, 7) is 4.32. The molecule has 1 aromatic carbocycles. The lowest BCUT2D eigenvalue weighted by molar-refractivity contribution is 0.0760. The first-order valence-electron chi connectivity index (χ1n) is 12.1. The van der Waals surface area contributed by atoms with Crippen molar-refractivity contribution in [2.75, 3.05) is 18.4 Å². The fraction of sp³-hybridized carbons (Fsp3) is 0.321. The van der Waals surface area contributed by atoms with Crippen molar-refractivity contribution in [1.29, 1.82) is 0 Å². The van der Waals surface area contributed by atoms with Crippen molar-refractivity contribution in [3.05, 3.63) is 95.6 Å². The van der Waals surface area contributed by atoms with Gasteiger partial charge in [-0.05, 0) is 86.1 Å². The molecule has 0 aliphatic carbocycles. The van der Waals surface area contributed by atoms with E-state index in [2.05, 4.69) is 40.7 Å². The zero-order valence-electron chi connectivity index (χ0n) is 19.7. The summed E-state index contributed by atoms with van der Waals surface area (Å²) in [5.41, 5.74) is 6.26. The summed E-state index contributed by atoms with van der Waals surface area (Å²) in [4.78, 5) is 19.7. The lowest BCUT2D eigenvalue weighted by atomic mass is 9.93. The van der Waals surface area contributed by atoms with Crippen molar-refractivity contribution < 1.29 is 4.79 Å². The van der Waals surface area contributed by atoms with Crippen molar-refractivity contribution >= 4 is 17.1 Å². The van der Waals surface area contributed by atoms with Crippen LogP contribution in [0.2, 0.25) is 0 Å². The van der Waals surface area contributed by atoms with Crippen molar-refractivity contribution in [3.8, 4) is 0 Å². The highest BCUT2D eigenvalue weighted by atomic mass is 16.2. The molecule has 4 heterocycles. The number of likely N-dealkylation sites (tertiary alicyclic amines) is 1. The third kappa shape index (κ3) is 5.11. The highest BCUT2D eigenvalue weighted by molar-refractivity contribution is 5.95. The van der Waals surface area contributed by atoms with Crippen LogP contribution in [0.15, 0.2) is 73.2 Å². The van der Waals surface area contributed by atoms with Crippen LogP contribution in [-0.4, -0.2) is 38.5 Å². The van der Waals surface area contributed by atoms with Gasteiger partial charge in [0.15, 0.2) is 0 Å². The standard InChI is InChI=1S/C28H31N5O/c1-21-7-9-24(18-27(21)30-19-25-6-2-3-13-29-25)28(34)32-15-4-5-22(12-16-32)17-23-8-10-26-11-14-31-33(26)20-23/h2-3,6-11,13-14,18,20,22,30H,4-5,12,15-17,19H2,1H3/t22-/m0/s1. The number of anilines is 1. The molecule has 1 N–H and O–H groups in total. The second kappa shape index (κ2) is 10.1. The second-order valence-electron chi connectivity index (χ2n) is 9.24. The molecule has 0 bridgehead atoms. The van der Waals surface area contributed by atoms with Crippen LogP contribution < -0.4 is 5.32 Å². The molecule has 4 aromatic rings. The van der Waals surface area contributed by atoms with Gasteiger partial charge in [-0.1, -0.05) is 18.2 Å². The van der Waals surface area contributed by atoms with Crippen LogP contribution in [0.3, 0.4) is 0 Å². The van der Waals surface area contributed by atoms with Crippen LogP contribution in [0.5, 0.6) is 0 Å². The van der Waals surface area contributed by atoms with Crippen LogP contribution in [0.4, 0.5) is 5.69 Å². The molecule has 1 aliphatic heterocycles. The van der Waals surface area contributed by atoms with Crippen LogP contribution >= 0.6 is 0 Å². The van der Waals surface area contributed by atoms with E-state index in [1.807, 2.05) is 58.1 Å². The minimum atomic E-state index is 0.125. The summed E-state index contributed by atoms with van der Waals surface area (Å²) < 4.78 is 1.94. The van der Waals surface area contributed by atoms with Gasteiger partial charge in [0.25, 0.3) is 5.91 Å². The maximum absolute atomic E-state index is 13.3. The van der Waals surface area contributed by atoms with Crippen molar-refractivity contribution in [3.63, 3.8) is 0 Å². The van der Waals surface area contributed by atoms with Gasteiger partial charge < -0.3 is 10.2 Å². The molecule has 1 amide bonds. The Morgan fingerprint density at radius 1 is 1.06 bits per heavy atom. The molecule has 34 heavy (non-hydrogen) atoms. The third-order valence-electron chi connectivity index (χ3n) is 6.79. The Morgan fingerprint density at radius 2 is 2.00 bits per heavy atom. The largest absolute Gasteiger partial charge is 0.379 e. The lowest BCUT2D eigenvalue weighted by Crippen LogP contribution is -2.32. The first-order valence-corrected chi connectivity index (χ1v) is 12.1. The molecular weight excluding hydrogens is 422 g/mol. The Labute approximate surface area is 200 Å². The molecule has 174 valence electrons. The molecule has 5 rings (SSSR count). The summed E-state index contributed by atoms with van der Waals surface area (Å²) in [6.07, 6.45) is 10.0. The van der Waals surface area contributed by atoms with E-state index in [1.54, 1.807) is 6.20 Å². The summed E-state index contributed by atoms with van der Waals surface area (Å²) >= 11 is 0. The Kier molecular flexibility index (Phi) is 6.56. The predicted octanol–water partition coefficient (Wildman–Crippen LogP) is 5.13. The number of carbonyl (C=O) groups excluding carboxylic acids is 1. The minimum absolute atomic E-state index is 0.125. The van der Waals surface area contributed by atoms with Gasteiger partial charge in [-0.25, -0.2) is 4.52 Å². The maximum Gasteiger partial charge on any atom is 0.253 e.